The summed E-state index contributed by atoms with van der Waals surface area (Å²) in [6.45, 7) is 2.91. The highest BCUT2D eigenvalue weighted by atomic mass is 79.9. The number of halogens is 2. The summed E-state index contributed by atoms with van der Waals surface area (Å²) in [5.41, 5.74) is 0.581. The molecule has 1 fully saturated rings. The summed E-state index contributed by atoms with van der Waals surface area (Å²) < 4.78 is 0.768. The lowest BCUT2D eigenvalue weighted by Crippen LogP contribution is -2.34. The molecule has 4 heteroatoms. The lowest BCUT2D eigenvalue weighted by atomic mass is 10.2. The Labute approximate surface area is 109 Å². The number of rotatable bonds is 1. The Morgan fingerprint density at radius 2 is 2.31 bits per heavy atom. The molecule has 1 amide bonds. The van der Waals surface area contributed by atoms with Crippen molar-refractivity contribution in [3.8, 4) is 0 Å². The maximum Gasteiger partial charge on any atom is 0.256 e. The Balaban J connectivity index is 2.33. The fourth-order valence-electron chi connectivity index (χ4n) is 2.08. The average molecular weight is 303 g/mol. The number of hydrogen-bond donors (Lipinski definition) is 0. The Bertz CT molecular complexity index is 401. The van der Waals surface area contributed by atoms with E-state index < -0.39 is 0 Å². The third kappa shape index (κ3) is 2.11. The molecule has 1 aliphatic rings. The summed E-state index contributed by atoms with van der Waals surface area (Å²) in [4.78, 5) is 14.2. The van der Waals surface area contributed by atoms with E-state index in [1.165, 1.54) is 0 Å². The molecule has 0 spiro atoms. The normalized spacial score (nSPS) is 20.2. The molecule has 1 saturated heterocycles. The molecule has 0 N–H and O–H groups in total. The van der Waals surface area contributed by atoms with E-state index >= 15 is 0 Å². The number of amides is 1. The third-order valence-corrected chi connectivity index (χ3v) is 3.97. The van der Waals surface area contributed by atoms with Gasteiger partial charge in [0, 0.05) is 17.1 Å². The molecule has 0 bridgehead atoms. The maximum atomic E-state index is 12.3. The third-order valence-electron chi connectivity index (χ3n) is 2.99. The zero-order valence-electron chi connectivity index (χ0n) is 9.04. The number of carbonyl (C=O) groups is 1. The molecule has 0 radical (unpaired) electrons. The van der Waals surface area contributed by atoms with Gasteiger partial charge in [-0.05, 0) is 47.8 Å². The van der Waals surface area contributed by atoms with Crippen LogP contribution in [0.25, 0.3) is 0 Å². The Hall–Kier alpha value is -0.540. The van der Waals surface area contributed by atoms with Crippen molar-refractivity contribution in [2.45, 2.75) is 25.8 Å². The molecule has 1 aromatic carbocycles. The monoisotopic (exact) mass is 301 g/mol. The number of carbonyl (C=O) groups excluding carboxylic acids is 1. The number of benzene rings is 1. The Kier molecular flexibility index (Phi) is 3.55. The summed E-state index contributed by atoms with van der Waals surface area (Å²) in [6, 6.07) is 5.74. The van der Waals surface area contributed by atoms with Gasteiger partial charge in [0.05, 0.1) is 10.6 Å². The van der Waals surface area contributed by atoms with Crippen molar-refractivity contribution < 1.29 is 4.79 Å². The molecular formula is C12H13BrClNO. The highest BCUT2D eigenvalue weighted by molar-refractivity contribution is 9.10. The largest absolute Gasteiger partial charge is 0.336 e. The van der Waals surface area contributed by atoms with E-state index in [0.717, 1.165) is 23.9 Å². The zero-order chi connectivity index (χ0) is 11.7. The van der Waals surface area contributed by atoms with E-state index in [4.69, 9.17) is 11.6 Å². The van der Waals surface area contributed by atoms with Gasteiger partial charge in [-0.1, -0.05) is 17.7 Å². The van der Waals surface area contributed by atoms with Crippen molar-refractivity contribution in [3.05, 3.63) is 33.3 Å². The molecule has 0 aromatic heterocycles. The van der Waals surface area contributed by atoms with Crippen LogP contribution in [0.1, 0.15) is 30.1 Å². The van der Waals surface area contributed by atoms with Crippen LogP contribution < -0.4 is 0 Å². The number of likely N-dealkylation sites (tertiary alicyclic amines) is 1. The second-order valence-corrected chi connectivity index (χ2v) is 5.35. The van der Waals surface area contributed by atoms with Gasteiger partial charge in [0.2, 0.25) is 0 Å². The van der Waals surface area contributed by atoms with Crippen LogP contribution in [0.5, 0.6) is 0 Å². The Morgan fingerprint density at radius 1 is 1.56 bits per heavy atom. The summed E-state index contributed by atoms with van der Waals surface area (Å²) in [5.74, 6) is 0.0301. The van der Waals surface area contributed by atoms with Gasteiger partial charge in [-0.2, -0.15) is 0 Å². The van der Waals surface area contributed by atoms with Crippen molar-refractivity contribution in [1.29, 1.82) is 0 Å². The van der Waals surface area contributed by atoms with E-state index in [9.17, 15) is 4.79 Å². The predicted molar refractivity (Wildman–Crippen MR) is 68.9 cm³/mol. The first kappa shape index (κ1) is 11.9. The number of hydrogen-bond acceptors (Lipinski definition) is 1. The van der Waals surface area contributed by atoms with Gasteiger partial charge in [-0.15, -0.1) is 0 Å². The summed E-state index contributed by atoms with van der Waals surface area (Å²) in [6.07, 6.45) is 2.16. The highest BCUT2D eigenvalue weighted by Crippen LogP contribution is 2.28. The maximum absolute atomic E-state index is 12.3. The van der Waals surface area contributed by atoms with E-state index in [1.54, 1.807) is 6.07 Å². The van der Waals surface area contributed by atoms with Crippen molar-refractivity contribution in [2.75, 3.05) is 6.54 Å². The van der Waals surface area contributed by atoms with Gasteiger partial charge < -0.3 is 4.90 Å². The predicted octanol–water partition coefficient (Wildman–Crippen LogP) is 3.73. The molecule has 2 nitrogen and oxygen atoms in total. The van der Waals surface area contributed by atoms with Crippen LogP contribution in [0.2, 0.25) is 5.02 Å². The van der Waals surface area contributed by atoms with E-state index in [-0.39, 0.29) is 5.91 Å². The van der Waals surface area contributed by atoms with E-state index in [1.807, 2.05) is 17.0 Å². The van der Waals surface area contributed by atoms with Crippen molar-refractivity contribution in [3.63, 3.8) is 0 Å². The SMILES string of the molecule is CC1CCCN1C(=O)c1c(Cl)cccc1Br. The van der Waals surface area contributed by atoms with E-state index in [0.29, 0.717) is 16.6 Å². The van der Waals surface area contributed by atoms with Gasteiger partial charge in [-0.25, -0.2) is 0 Å². The van der Waals surface area contributed by atoms with Crippen LogP contribution in [0.4, 0.5) is 0 Å². The van der Waals surface area contributed by atoms with Gasteiger partial charge in [0.25, 0.3) is 5.91 Å². The first-order valence-corrected chi connectivity index (χ1v) is 6.53. The lowest BCUT2D eigenvalue weighted by molar-refractivity contribution is 0.0746. The smallest absolute Gasteiger partial charge is 0.256 e. The van der Waals surface area contributed by atoms with Crippen molar-refractivity contribution in [1.82, 2.24) is 4.90 Å². The molecule has 86 valence electrons. The summed E-state index contributed by atoms with van der Waals surface area (Å²) >= 11 is 9.46. The fourth-order valence-corrected chi connectivity index (χ4v) is 2.99. The minimum Gasteiger partial charge on any atom is -0.336 e. The average Bonchev–Trinajstić information content (AvgIpc) is 2.64. The molecule has 1 heterocycles. The second-order valence-electron chi connectivity index (χ2n) is 4.09. The fraction of sp³-hybridized carbons (Fsp3) is 0.417. The molecule has 1 unspecified atom stereocenters. The minimum absolute atomic E-state index is 0.0301. The van der Waals surface area contributed by atoms with Crippen molar-refractivity contribution in [2.24, 2.45) is 0 Å². The standard InChI is InChI=1S/C12H13BrClNO/c1-8-4-3-7-15(8)12(16)11-9(13)5-2-6-10(11)14/h2,5-6,8H,3-4,7H2,1H3. The van der Waals surface area contributed by atoms with Crippen LogP contribution in [0, 0.1) is 0 Å². The highest BCUT2D eigenvalue weighted by Gasteiger charge is 2.28. The van der Waals surface area contributed by atoms with Crippen LogP contribution in [0.3, 0.4) is 0 Å². The van der Waals surface area contributed by atoms with Gasteiger partial charge in [-0.3, -0.25) is 4.79 Å². The van der Waals surface area contributed by atoms with Crippen LogP contribution >= 0.6 is 27.5 Å². The molecule has 1 aliphatic heterocycles. The van der Waals surface area contributed by atoms with Crippen molar-refractivity contribution >= 4 is 33.4 Å². The first-order chi connectivity index (χ1) is 7.61. The van der Waals surface area contributed by atoms with Crippen LogP contribution in [-0.2, 0) is 0 Å². The molecule has 0 aliphatic carbocycles. The van der Waals surface area contributed by atoms with E-state index in [2.05, 4.69) is 22.9 Å². The lowest BCUT2D eigenvalue weighted by Gasteiger charge is -2.22. The first-order valence-electron chi connectivity index (χ1n) is 5.36. The zero-order valence-corrected chi connectivity index (χ0v) is 11.4. The molecule has 1 atom stereocenters. The molecule has 16 heavy (non-hydrogen) atoms. The second kappa shape index (κ2) is 4.76. The minimum atomic E-state index is 0.0301. The van der Waals surface area contributed by atoms with Gasteiger partial charge >= 0.3 is 0 Å². The Morgan fingerprint density at radius 3 is 2.88 bits per heavy atom. The topological polar surface area (TPSA) is 20.3 Å². The van der Waals surface area contributed by atoms with Crippen LogP contribution in [-0.4, -0.2) is 23.4 Å². The molecule has 0 saturated carbocycles. The quantitative estimate of drug-likeness (QED) is 0.774. The van der Waals surface area contributed by atoms with Crippen LogP contribution in [0.15, 0.2) is 22.7 Å². The van der Waals surface area contributed by atoms with Gasteiger partial charge in [0.1, 0.15) is 0 Å². The molecule has 2 rings (SSSR count). The summed E-state index contributed by atoms with van der Waals surface area (Å²) in [5, 5.41) is 0.512. The molecular weight excluding hydrogens is 289 g/mol. The van der Waals surface area contributed by atoms with Gasteiger partial charge in [0.15, 0.2) is 0 Å². The number of nitrogens with zero attached hydrogens (tertiary/aromatic N) is 1. The summed E-state index contributed by atoms with van der Waals surface area (Å²) in [7, 11) is 0. The molecule has 1 aromatic rings.